The van der Waals surface area contributed by atoms with Gasteiger partial charge in [0, 0.05) is 7.05 Å². The predicted molar refractivity (Wildman–Crippen MR) is 124 cm³/mol. The Morgan fingerprint density at radius 2 is 1.69 bits per heavy atom. The van der Waals surface area contributed by atoms with Crippen LogP contribution in [0.5, 0.6) is 17.2 Å². The summed E-state index contributed by atoms with van der Waals surface area (Å²) in [7, 11) is 6.27. The van der Waals surface area contributed by atoms with Gasteiger partial charge in [0.1, 0.15) is 0 Å². The molecule has 0 bridgehead atoms. The van der Waals surface area contributed by atoms with Gasteiger partial charge in [-0.1, -0.05) is 0 Å². The lowest BCUT2D eigenvalue weighted by Crippen LogP contribution is -2.23. The van der Waals surface area contributed by atoms with Crippen LogP contribution in [0.4, 0.5) is 5.69 Å². The molecule has 0 aromatic heterocycles. The van der Waals surface area contributed by atoms with Crippen molar-refractivity contribution >= 4 is 40.6 Å². The van der Waals surface area contributed by atoms with Crippen molar-refractivity contribution < 1.29 is 28.5 Å². The van der Waals surface area contributed by atoms with Crippen molar-refractivity contribution in [2.75, 3.05) is 35.0 Å². The van der Waals surface area contributed by atoms with E-state index in [4.69, 9.17) is 18.9 Å². The van der Waals surface area contributed by atoms with Crippen molar-refractivity contribution in [3.63, 3.8) is 0 Å². The van der Waals surface area contributed by atoms with Crippen LogP contribution in [0.15, 0.2) is 46.3 Å². The summed E-state index contributed by atoms with van der Waals surface area (Å²) in [6.07, 6.45) is 1.75. The van der Waals surface area contributed by atoms with E-state index in [0.29, 0.717) is 45.2 Å². The van der Waals surface area contributed by atoms with Gasteiger partial charge < -0.3 is 18.9 Å². The fourth-order valence-corrected chi connectivity index (χ4v) is 3.97. The maximum absolute atomic E-state index is 12.8. The van der Waals surface area contributed by atoms with Gasteiger partial charge in [-0.15, -0.1) is 0 Å². The van der Waals surface area contributed by atoms with Crippen LogP contribution in [0.1, 0.15) is 22.8 Å². The van der Waals surface area contributed by atoms with Crippen LogP contribution >= 0.6 is 11.8 Å². The molecule has 1 aliphatic heterocycles. The Kier molecular flexibility index (Phi) is 7.42. The van der Waals surface area contributed by atoms with E-state index in [1.54, 1.807) is 56.4 Å². The van der Waals surface area contributed by atoms with Gasteiger partial charge in [0.05, 0.1) is 44.1 Å². The maximum Gasteiger partial charge on any atom is 0.338 e. The van der Waals surface area contributed by atoms with Crippen LogP contribution in [0.2, 0.25) is 0 Å². The highest BCUT2D eigenvalue weighted by Crippen LogP contribution is 2.40. The number of aliphatic imine (C=N–C) groups is 1. The van der Waals surface area contributed by atoms with E-state index in [2.05, 4.69) is 4.99 Å². The van der Waals surface area contributed by atoms with Crippen LogP contribution in [0.3, 0.4) is 0 Å². The zero-order valence-electron chi connectivity index (χ0n) is 18.5. The first-order chi connectivity index (χ1) is 15.4. The molecule has 0 aliphatic carbocycles. The second-order valence-corrected chi connectivity index (χ2v) is 7.60. The van der Waals surface area contributed by atoms with Gasteiger partial charge in [0.15, 0.2) is 16.7 Å². The van der Waals surface area contributed by atoms with E-state index in [1.165, 1.54) is 38.0 Å². The van der Waals surface area contributed by atoms with Gasteiger partial charge in [-0.25, -0.2) is 9.79 Å². The Balaban J connectivity index is 1.87. The lowest BCUT2D eigenvalue weighted by Gasteiger charge is -2.13. The van der Waals surface area contributed by atoms with Crippen LogP contribution < -0.4 is 14.2 Å². The molecule has 2 aromatic carbocycles. The number of carbonyl (C=O) groups is 2. The van der Waals surface area contributed by atoms with E-state index in [9.17, 15) is 9.59 Å². The number of amidine groups is 1. The molecule has 0 radical (unpaired) electrons. The highest BCUT2D eigenvalue weighted by Gasteiger charge is 2.30. The van der Waals surface area contributed by atoms with E-state index in [0.717, 1.165) is 5.56 Å². The second kappa shape index (κ2) is 10.2. The van der Waals surface area contributed by atoms with Gasteiger partial charge >= 0.3 is 5.97 Å². The van der Waals surface area contributed by atoms with Crippen molar-refractivity contribution in [1.29, 1.82) is 0 Å². The van der Waals surface area contributed by atoms with Crippen LogP contribution in [0.25, 0.3) is 6.08 Å². The number of amides is 1. The molecule has 2 aromatic rings. The number of nitrogens with zero attached hydrogens (tertiary/aromatic N) is 2. The maximum atomic E-state index is 12.8. The Bertz CT molecular complexity index is 1050. The first-order valence-electron chi connectivity index (χ1n) is 9.75. The summed E-state index contributed by atoms with van der Waals surface area (Å²) in [6.45, 7) is 2.07. The Morgan fingerprint density at radius 3 is 2.22 bits per heavy atom. The van der Waals surface area contributed by atoms with Crippen LogP contribution in [-0.4, -0.2) is 56.9 Å². The lowest BCUT2D eigenvalue weighted by atomic mass is 10.1. The number of rotatable bonds is 7. The van der Waals surface area contributed by atoms with Gasteiger partial charge in [0.25, 0.3) is 5.91 Å². The molecule has 9 heteroatoms. The summed E-state index contributed by atoms with van der Waals surface area (Å²) in [5.74, 6) is 0.916. The molecule has 1 saturated heterocycles. The molecule has 1 heterocycles. The molecule has 1 aliphatic rings. The minimum Gasteiger partial charge on any atom is -0.493 e. The first kappa shape index (κ1) is 23.2. The molecule has 168 valence electrons. The summed E-state index contributed by atoms with van der Waals surface area (Å²) >= 11 is 1.26. The Morgan fingerprint density at radius 1 is 1.06 bits per heavy atom. The molecular weight excluding hydrogens is 432 g/mol. The molecule has 0 atom stereocenters. The minimum atomic E-state index is -0.384. The number of hydrogen-bond acceptors (Lipinski definition) is 8. The fourth-order valence-electron chi connectivity index (χ4n) is 2.98. The van der Waals surface area contributed by atoms with Crippen LogP contribution in [-0.2, 0) is 9.53 Å². The average Bonchev–Trinajstić information content (AvgIpc) is 3.06. The quantitative estimate of drug-likeness (QED) is 0.457. The number of methoxy groups -OCH3 is 3. The third-order valence-corrected chi connectivity index (χ3v) is 5.65. The monoisotopic (exact) mass is 456 g/mol. The number of likely N-dealkylation sites (N-methyl/N-ethyl adjacent to an activating group) is 1. The number of thioether (sulfide) groups is 1. The third-order valence-electron chi connectivity index (χ3n) is 4.59. The largest absolute Gasteiger partial charge is 0.493 e. The predicted octanol–water partition coefficient (Wildman–Crippen LogP) is 4.12. The minimum absolute atomic E-state index is 0.175. The number of benzene rings is 2. The lowest BCUT2D eigenvalue weighted by molar-refractivity contribution is -0.121. The molecule has 0 saturated carbocycles. The van der Waals surface area contributed by atoms with Gasteiger partial charge in [-0.2, -0.15) is 0 Å². The highest BCUT2D eigenvalue weighted by molar-refractivity contribution is 8.18. The summed E-state index contributed by atoms with van der Waals surface area (Å²) in [6, 6.07) is 10.2. The van der Waals surface area contributed by atoms with Crippen molar-refractivity contribution in [3.05, 3.63) is 52.4 Å². The Labute approximate surface area is 190 Å². The molecule has 1 amide bonds. The average molecular weight is 457 g/mol. The van der Waals surface area contributed by atoms with E-state index >= 15 is 0 Å². The summed E-state index contributed by atoms with van der Waals surface area (Å²) in [4.78, 5) is 31.1. The van der Waals surface area contributed by atoms with Crippen LogP contribution in [0, 0.1) is 0 Å². The zero-order chi connectivity index (χ0) is 23.3. The molecule has 0 spiro atoms. The standard InChI is InChI=1S/C23H24N2O6S/c1-6-31-22(27)15-7-9-16(10-8-15)24-23-25(2)21(26)19(32-23)13-14-11-17(28-3)20(30-5)18(12-14)29-4/h7-13H,6H2,1-5H3/b19-13-,24-23?. The molecule has 0 N–H and O–H groups in total. The van der Waals surface area contributed by atoms with Gasteiger partial charge in [0.2, 0.25) is 5.75 Å². The number of esters is 1. The van der Waals surface area contributed by atoms with Crippen molar-refractivity contribution in [1.82, 2.24) is 4.90 Å². The van der Waals surface area contributed by atoms with Crippen molar-refractivity contribution in [3.8, 4) is 17.2 Å². The highest BCUT2D eigenvalue weighted by atomic mass is 32.2. The van der Waals surface area contributed by atoms with Gasteiger partial charge in [-0.05, 0) is 66.7 Å². The Hall–Kier alpha value is -3.46. The number of hydrogen-bond donors (Lipinski definition) is 0. The van der Waals surface area contributed by atoms with E-state index in [-0.39, 0.29) is 11.9 Å². The van der Waals surface area contributed by atoms with E-state index in [1.807, 2.05) is 0 Å². The zero-order valence-corrected chi connectivity index (χ0v) is 19.3. The third kappa shape index (κ3) is 4.88. The molecule has 32 heavy (non-hydrogen) atoms. The van der Waals surface area contributed by atoms with Crippen molar-refractivity contribution in [2.45, 2.75) is 6.92 Å². The summed E-state index contributed by atoms with van der Waals surface area (Å²) in [5.41, 5.74) is 1.79. The normalized spacial score (nSPS) is 15.9. The number of ether oxygens (including phenoxy) is 4. The van der Waals surface area contributed by atoms with E-state index < -0.39 is 0 Å². The second-order valence-electron chi connectivity index (χ2n) is 6.60. The topological polar surface area (TPSA) is 86.7 Å². The first-order valence-corrected chi connectivity index (χ1v) is 10.6. The molecule has 8 nitrogen and oxygen atoms in total. The van der Waals surface area contributed by atoms with Gasteiger partial charge in [-0.3, -0.25) is 9.69 Å². The molecule has 1 fully saturated rings. The van der Waals surface area contributed by atoms with Crippen molar-refractivity contribution in [2.24, 2.45) is 4.99 Å². The molecular formula is C23H24N2O6S. The summed E-state index contributed by atoms with van der Waals surface area (Å²) < 4.78 is 21.1. The molecule has 0 unspecified atom stereocenters. The SMILES string of the molecule is CCOC(=O)c1ccc(N=C2S/C(=C\c3cc(OC)c(OC)c(OC)c3)C(=O)N2C)cc1. The number of carbonyl (C=O) groups excluding carboxylic acids is 2. The summed E-state index contributed by atoms with van der Waals surface area (Å²) in [5, 5.41) is 0.526. The fraction of sp³-hybridized carbons (Fsp3) is 0.261. The molecule has 3 rings (SSSR count). The smallest absolute Gasteiger partial charge is 0.338 e.